The maximum atomic E-state index is 12.7. The van der Waals surface area contributed by atoms with Gasteiger partial charge in [-0.3, -0.25) is 14.3 Å². The number of ether oxygens (including phenoxy) is 3. The Bertz CT molecular complexity index is 1270. The Morgan fingerprint density at radius 1 is 1.21 bits per heavy atom. The summed E-state index contributed by atoms with van der Waals surface area (Å²) in [4.78, 5) is 44.1. The lowest BCUT2D eigenvalue weighted by molar-refractivity contribution is 0.0459. The highest BCUT2D eigenvalue weighted by atomic mass is 16.5. The topological polar surface area (TPSA) is 117 Å². The highest BCUT2D eigenvalue weighted by Crippen LogP contribution is 2.29. The average Bonchev–Trinajstić information content (AvgIpc) is 3.13. The summed E-state index contributed by atoms with van der Waals surface area (Å²) in [5.41, 5.74) is -0.204. The van der Waals surface area contributed by atoms with Gasteiger partial charge in [-0.25, -0.2) is 14.6 Å². The first-order chi connectivity index (χ1) is 16.3. The van der Waals surface area contributed by atoms with Crippen LogP contribution in [0.3, 0.4) is 0 Å². The van der Waals surface area contributed by atoms with Crippen LogP contribution in [0.5, 0.6) is 11.5 Å². The van der Waals surface area contributed by atoms with E-state index in [4.69, 9.17) is 14.2 Å². The normalized spacial score (nSPS) is 11.2. The first-order valence-corrected chi connectivity index (χ1v) is 11.4. The number of methoxy groups -OCH3 is 1. The van der Waals surface area contributed by atoms with Crippen LogP contribution in [-0.4, -0.2) is 38.8 Å². The zero-order chi connectivity index (χ0) is 24.8. The van der Waals surface area contributed by atoms with Gasteiger partial charge in [0.05, 0.1) is 19.3 Å². The number of benzene rings is 1. The Labute approximate surface area is 197 Å². The zero-order valence-corrected chi connectivity index (χ0v) is 20.3. The molecule has 0 unspecified atom stereocenters. The molecule has 2 heterocycles. The summed E-state index contributed by atoms with van der Waals surface area (Å²) in [7, 11) is 3.16. The fourth-order valence-corrected chi connectivity index (χ4v) is 3.48. The Morgan fingerprint density at radius 3 is 2.65 bits per heavy atom. The maximum Gasteiger partial charge on any atom is 0.338 e. The second-order valence-corrected chi connectivity index (χ2v) is 8.50. The van der Waals surface area contributed by atoms with Crippen molar-refractivity contribution in [3.8, 4) is 11.5 Å². The van der Waals surface area contributed by atoms with Gasteiger partial charge in [-0.05, 0) is 37.0 Å². The number of esters is 1. The summed E-state index contributed by atoms with van der Waals surface area (Å²) < 4.78 is 19.6. The summed E-state index contributed by atoms with van der Waals surface area (Å²) >= 11 is 0. The minimum absolute atomic E-state index is 0.166. The van der Waals surface area contributed by atoms with Crippen molar-refractivity contribution < 1.29 is 19.0 Å². The van der Waals surface area contributed by atoms with Crippen LogP contribution >= 0.6 is 0 Å². The van der Waals surface area contributed by atoms with Gasteiger partial charge in [-0.2, -0.15) is 0 Å². The van der Waals surface area contributed by atoms with E-state index in [0.717, 1.165) is 19.3 Å². The number of H-pyrrole nitrogens is 1. The second kappa shape index (κ2) is 11.0. The number of rotatable bonds is 11. The molecule has 0 bridgehead atoms. The van der Waals surface area contributed by atoms with Gasteiger partial charge in [0.15, 0.2) is 22.7 Å². The molecule has 1 aromatic carbocycles. The molecule has 3 aromatic rings. The van der Waals surface area contributed by atoms with E-state index >= 15 is 0 Å². The molecular weight excluding hydrogens is 440 g/mol. The molecule has 10 nitrogen and oxygen atoms in total. The number of hydrogen-bond acceptors (Lipinski definition) is 7. The molecule has 0 saturated carbocycles. The number of carbonyl (C=O) groups is 1. The van der Waals surface area contributed by atoms with Crippen molar-refractivity contribution in [1.82, 2.24) is 19.1 Å². The fourth-order valence-electron chi connectivity index (χ4n) is 3.48. The minimum atomic E-state index is -0.573. The number of nitrogens with zero attached hydrogens (tertiary/aromatic N) is 3. The molecule has 0 aliphatic rings. The van der Waals surface area contributed by atoms with Crippen LogP contribution < -0.4 is 20.7 Å². The number of nitrogens with one attached hydrogen (secondary N) is 1. The highest BCUT2D eigenvalue weighted by Gasteiger charge is 2.18. The van der Waals surface area contributed by atoms with E-state index in [9.17, 15) is 14.4 Å². The lowest BCUT2D eigenvalue weighted by atomic mass is 10.1. The zero-order valence-electron chi connectivity index (χ0n) is 20.3. The monoisotopic (exact) mass is 472 g/mol. The minimum Gasteiger partial charge on any atom is -0.493 e. The van der Waals surface area contributed by atoms with Crippen LogP contribution in [0.1, 0.15) is 56.2 Å². The predicted molar refractivity (Wildman–Crippen MR) is 128 cm³/mol. The third kappa shape index (κ3) is 5.49. The van der Waals surface area contributed by atoms with Crippen molar-refractivity contribution in [1.29, 1.82) is 0 Å². The number of imidazole rings is 1. The smallest absolute Gasteiger partial charge is 0.338 e. The highest BCUT2D eigenvalue weighted by molar-refractivity contribution is 5.90. The molecule has 184 valence electrons. The number of aryl methyl sites for hydroxylation is 2. The molecule has 1 N–H and O–H groups in total. The predicted octanol–water partition coefficient (Wildman–Crippen LogP) is 3.01. The molecule has 2 aromatic heterocycles. The molecule has 34 heavy (non-hydrogen) atoms. The van der Waals surface area contributed by atoms with E-state index in [0.29, 0.717) is 42.0 Å². The summed E-state index contributed by atoms with van der Waals surface area (Å²) in [6, 6.07) is 4.85. The summed E-state index contributed by atoms with van der Waals surface area (Å²) in [5, 5.41) is 0. The third-order valence-corrected chi connectivity index (χ3v) is 5.53. The van der Waals surface area contributed by atoms with Gasteiger partial charge in [0.25, 0.3) is 5.56 Å². The van der Waals surface area contributed by atoms with E-state index in [2.05, 4.69) is 23.8 Å². The molecule has 3 rings (SSSR count). The van der Waals surface area contributed by atoms with E-state index in [1.165, 1.54) is 16.2 Å². The third-order valence-electron chi connectivity index (χ3n) is 5.53. The molecule has 0 fully saturated rings. The molecule has 0 atom stereocenters. The van der Waals surface area contributed by atoms with Crippen molar-refractivity contribution in [2.45, 2.75) is 53.2 Å². The Balaban J connectivity index is 1.78. The number of unbranched alkanes of at least 4 members (excludes halogenated alkanes) is 1. The van der Waals surface area contributed by atoms with Crippen molar-refractivity contribution in [3.63, 3.8) is 0 Å². The first-order valence-electron chi connectivity index (χ1n) is 11.4. The van der Waals surface area contributed by atoms with Crippen LogP contribution in [0.2, 0.25) is 0 Å². The maximum absolute atomic E-state index is 12.7. The van der Waals surface area contributed by atoms with Crippen LogP contribution in [0.25, 0.3) is 11.2 Å². The van der Waals surface area contributed by atoms with Gasteiger partial charge in [-0.1, -0.05) is 27.2 Å². The molecular formula is C24H32N4O6. The lowest BCUT2D eigenvalue weighted by Gasteiger charge is -2.13. The molecule has 0 aliphatic heterocycles. The van der Waals surface area contributed by atoms with Gasteiger partial charge < -0.3 is 18.8 Å². The van der Waals surface area contributed by atoms with Gasteiger partial charge in [0, 0.05) is 13.6 Å². The van der Waals surface area contributed by atoms with Crippen LogP contribution in [0, 0.1) is 5.92 Å². The van der Waals surface area contributed by atoms with Gasteiger partial charge in [0.2, 0.25) is 0 Å². The largest absolute Gasteiger partial charge is 0.493 e. The summed E-state index contributed by atoms with van der Waals surface area (Å²) in [5.74, 6) is 1.29. The average molecular weight is 473 g/mol. The Morgan fingerprint density at radius 2 is 1.97 bits per heavy atom. The lowest BCUT2D eigenvalue weighted by Crippen LogP contribution is -2.31. The van der Waals surface area contributed by atoms with Gasteiger partial charge in [0.1, 0.15) is 12.4 Å². The van der Waals surface area contributed by atoms with Gasteiger partial charge >= 0.3 is 11.7 Å². The van der Waals surface area contributed by atoms with Crippen LogP contribution in [-0.2, 0) is 24.9 Å². The molecule has 0 aliphatic carbocycles. The van der Waals surface area contributed by atoms with Gasteiger partial charge in [-0.15, -0.1) is 0 Å². The number of fused-ring (bicyclic) bond motifs is 1. The second-order valence-electron chi connectivity index (χ2n) is 8.50. The van der Waals surface area contributed by atoms with E-state index in [-0.39, 0.29) is 17.8 Å². The Kier molecular flexibility index (Phi) is 8.14. The van der Waals surface area contributed by atoms with Crippen LogP contribution in [0.15, 0.2) is 27.8 Å². The SMILES string of the molecule is CCCCn1c(=O)[nH]c(=O)c2c1nc(COC(=O)c1ccc(OCCC(C)C)c(OC)c1)n2C. The molecule has 0 radical (unpaired) electrons. The van der Waals surface area contributed by atoms with Crippen LogP contribution in [0.4, 0.5) is 0 Å². The summed E-state index contributed by atoms with van der Waals surface area (Å²) in [6.07, 6.45) is 2.55. The van der Waals surface area contributed by atoms with Crippen molar-refractivity contribution in [2.75, 3.05) is 13.7 Å². The van der Waals surface area contributed by atoms with Crippen molar-refractivity contribution >= 4 is 17.1 Å². The Hall–Kier alpha value is -3.56. The quantitative estimate of drug-likeness (QED) is 0.426. The summed E-state index contributed by atoms with van der Waals surface area (Å²) in [6.45, 7) is 7.06. The van der Waals surface area contributed by atoms with Crippen molar-refractivity contribution in [3.05, 3.63) is 50.4 Å². The number of carbonyl (C=O) groups excluding carboxylic acids is 1. The number of hydrogen-bond donors (Lipinski definition) is 1. The molecule has 0 spiro atoms. The molecule has 10 heteroatoms. The van der Waals surface area contributed by atoms with E-state index < -0.39 is 17.2 Å². The molecule has 0 amide bonds. The standard InChI is InChI=1S/C24H32N4O6/c1-6-7-11-28-21-20(22(29)26-24(28)31)27(4)19(25-21)14-34-23(30)16-8-9-17(18(13-16)32-5)33-12-10-15(2)3/h8-9,13,15H,6-7,10-12,14H2,1-5H3,(H,26,29,31). The number of aromatic nitrogens is 4. The number of aromatic amines is 1. The van der Waals surface area contributed by atoms with E-state index in [1.54, 1.807) is 25.2 Å². The first kappa shape index (κ1) is 25.1. The fraction of sp³-hybridized carbons (Fsp3) is 0.500. The van der Waals surface area contributed by atoms with Crippen molar-refractivity contribution in [2.24, 2.45) is 13.0 Å². The van der Waals surface area contributed by atoms with E-state index in [1.807, 2.05) is 6.92 Å². The molecule has 0 saturated heterocycles.